The van der Waals surface area contributed by atoms with Crippen molar-refractivity contribution in [1.82, 2.24) is 0 Å². The Morgan fingerprint density at radius 2 is 2.17 bits per heavy atom. The lowest BCUT2D eigenvalue weighted by molar-refractivity contribution is 0.0697. The molecule has 1 aromatic heterocycles. The van der Waals surface area contributed by atoms with Crippen molar-refractivity contribution in [1.29, 1.82) is 0 Å². The van der Waals surface area contributed by atoms with E-state index in [2.05, 4.69) is 15.9 Å². The van der Waals surface area contributed by atoms with Gasteiger partial charge in [-0.2, -0.15) is 0 Å². The summed E-state index contributed by atoms with van der Waals surface area (Å²) in [5.41, 5.74) is 0. The number of hydrogen-bond donors (Lipinski definition) is 1. The highest BCUT2D eigenvalue weighted by Crippen LogP contribution is 2.48. The van der Waals surface area contributed by atoms with Gasteiger partial charge < -0.3 is 14.6 Å². The van der Waals surface area contributed by atoms with Gasteiger partial charge in [0.15, 0.2) is 16.4 Å². The molecule has 2 heterocycles. The van der Waals surface area contributed by atoms with E-state index in [-0.39, 0.29) is 11.7 Å². The van der Waals surface area contributed by atoms with Crippen molar-refractivity contribution in [2.45, 2.75) is 0 Å². The fourth-order valence-electron chi connectivity index (χ4n) is 0.916. The normalized spacial score (nSPS) is 13.4. The van der Waals surface area contributed by atoms with Crippen LogP contribution in [0.25, 0.3) is 0 Å². The van der Waals surface area contributed by atoms with Gasteiger partial charge in [-0.25, -0.2) is 4.79 Å². The number of halogens is 1. The summed E-state index contributed by atoms with van der Waals surface area (Å²) in [4.78, 5) is 10.8. The van der Waals surface area contributed by atoms with Crippen molar-refractivity contribution in [2.24, 2.45) is 0 Å². The van der Waals surface area contributed by atoms with E-state index >= 15 is 0 Å². The fourth-order valence-corrected chi connectivity index (χ4v) is 2.45. The predicted molar refractivity (Wildman–Crippen MR) is 45.1 cm³/mol. The smallest absolute Gasteiger partial charge is 0.349 e. The number of ether oxygens (including phenoxy) is 2. The van der Waals surface area contributed by atoms with Crippen LogP contribution in [0, 0.1) is 0 Å². The standard InChI is InChI=1S/C6H3BrO4S/c7-5-3-2(10-1-11-3)4(12-5)6(8)9/h1H2,(H,8,9). The largest absolute Gasteiger partial charge is 0.477 e. The summed E-state index contributed by atoms with van der Waals surface area (Å²) in [6.07, 6.45) is 0. The molecule has 0 spiro atoms. The van der Waals surface area contributed by atoms with Crippen molar-refractivity contribution < 1.29 is 19.4 Å². The Kier molecular flexibility index (Phi) is 1.73. The van der Waals surface area contributed by atoms with Crippen LogP contribution in [0.2, 0.25) is 0 Å². The second kappa shape index (κ2) is 2.63. The first-order valence-corrected chi connectivity index (χ1v) is 4.62. The van der Waals surface area contributed by atoms with Crippen molar-refractivity contribution in [2.75, 3.05) is 6.79 Å². The first-order valence-electron chi connectivity index (χ1n) is 3.01. The number of rotatable bonds is 1. The van der Waals surface area contributed by atoms with Crippen LogP contribution in [0.15, 0.2) is 3.79 Å². The Labute approximate surface area is 79.8 Å². The molecule has 0 aromatic carbocycles. The number of carboxylic acid groups (broad SMARTS) is 1. The summed E-state index contributed by atoms with van der Waals surface area (Å²) in [6.45, 7) is 0.0944. The zero-order valence-electron chi connectivity index (χ0n) is 5.67. The maximum absolute atomic E-state index is 10.6. The molecule has 1 aliphatic heterocycles. The van der Waals surface area contributed by atoms with Crippen LogP contribution >= 0.6 is 27.3 Å². The van der Waals surface area contributed by atoms with Crippen molar-refractivity contribution in [3.8, 4) is 11.5 Å². The zero-order chi connectivity index (χ0) is 8.72. The number of fused-ring (bicyclic) bond motifs is 1. The summed E-state index contributed by atoms with van der Waals surface area (Å²) in [6, 6.07) is 0. The number of hydrogen-bond acceptors (Lipinski definition) is 4. The maximum Gasteiger partial charge on any atom is 0.349 e. The van der Waals surface area contributed by atoms with Crippen LogP contribution in [-0.4, -0.2) is 17.9 Å². The second-order valence-corrected chi connectivity index (χ2v) is 4.41. The van der Waals surface area contributed by atoms with E-state index in [1.54, 1.807) is 0 Å². The van der Waals surface area contributed by atoms with Crippen LogP contribution in [-0.2, 0) is 0 Å². The third kappa shape index (κ3) is 0.987. The lowest BCUT2D eigenvalue weighted by atomic mass is 10.4. The predicted octanol–water partition coefficient (Wildman–Crippen LogP) is 1.94. The van der Waals surface area contributed by atoms with Gasteiger partial charge in [-0.3, -0.25) is 0 Å². The number of thiophene rings is 1. The number of aromatic carboxylic acids is 1. The minimum absolute atomic E-state index is 0.0944. The molecule has 2 rings (SSSR count). The van der Waals surface area contributed by atoms with Gasteiger partial charge in [-0.15, -0.1) is 11.3 Å². The summed E-state index contributed by atoms with van der Waals surface area (Å²) in [5, 5.41) is 8.72. The molecular weight excluding hydrogens is 248 g/mol. The third-order valence-electron chi connectivity index (χ3n) is 1.38. The topological polar surface area (TPSA) is 55.8 Å². The highest BCUT2D eigenvalue weighted by atomic mass is 79.9. The van der Waals surface area contributed by atoms with E-state index < -0.39 is 5.97 Å². The van der Waals surface area contributed by atoms with Crippen molar-refractivity contribution >= 4 is 33.2 Å². The Bertz CT molecular complexity index is 346. The summed E-state index contributed by atoms with van der Waals surface area (Å²) in [5.74, 6) is -0.163. The monoisotopic (exact) mass is 250 g/mol. The first kappa shape index (κ1) is 7.88. The van der Waals surface area contributed by atoms with Gasteiger partial charge in [0.1, 0.15) is 3.79 Å². The zero-order valence-corrected chi connectivity index (χ0v) is 8.07. The minimum Gasteiger partial charge on any atom is -0.477 e. The molecule has 1 aromatic rings. The number of carbonyl (C=O) groups is 1. The molecular formula is C6H3BrO4S. The quantitative estimate of drug-likeness (QED) is 0.828. The number of carboxylic acids is 1. The maximum atomic E-state index is 10.6. The molecule has 0 saturated carbocycles. The Morgan fingerprint density at radius 1 is 1.50 bits per heavy atom. The summed E-state index contributed by atoms with van der Waals surface area (Å²) >= 11 is 4.28. The van der Waals surface area contributed by atoms with E-state index in [0.717, 1.165) is 11.3 Å². The van der Waals surface area contributed by atoms with E-state index in [1.807, 2.05) is 0 Å². The van der Waals surface area contributed by atoms with Gasteiger partial charge in [-0.1, -0.05) is 0 Å². The van der Waals surface area contributed by atoms with Crippen LogP contribution in [0.5, 0.6) is 11.5 Å². The molecule has 0 aliphatic carbocycles. The van der Waals surface area contributed by atoms with Crippen LogP contribution in [0.1, 0.15) is 9.67 Å². The highest BCUT2D eigenvalue weighted by Gasteiger charge is 2.28. The molecule has 0 saturated heterocycles. The van der Waals surface area contributed by atoms with Crippen LogP contribution < -0.4 is 9.47 Å². The molecule has 6 heteroatoms. The van der Waals surface area contributed by atoms with E-state index in [0.29, 0.717) is 15.3 Å². The SMILES string of the molecule is O=C(O)c1sc(Br)c2c1OCO2. The van der Waals surface area contributed by atoms with E-state index in [4.69, 9.17) is 14.6 Å². The van der Waals surface area contributed by atoms with Crippen molar-refractivity contribution in [3.63, 3.8) is 0 Å². The molecule has 64 valence electrons. The Hall–Kier alpha value is -0.750. The summed E-state index contributed by atoms with van der Waals surface area (Å²) in [7, 11) is 0. The Morgan fingerprint density at radius 3 is 2.83 bits per heavy atom. The molecule has 1 N–H and O–H groups in total. The molecule has 0 bridgehead atoms. The average Bonchev–Trinajstić information content (AvgIpc) is 2.53. The molecule has 0 unspecified atom stereocenters. The van der Waals surface area contributed by atoms with Gasteiger partial charge in [0, 0.05) is 0 Å². The lowest BCUT2D eigenvalue weighted by Crippen LogP contribution is -1.98. The molecule has 0 radical (unpaired) electrons. The van der Waals surface area contributed by atoms with E-state index in [1.165, 1.54) is 0 Å². The molecule has 4 nitrogen and oxygen atoms in total. The molecule has 0 fully saturated rings. The van der Waals surface area contributed by atoms with E-state index in [9.17, 15) is 4.79 Å². The van der Waals surface area contributed by atoms with Gasteiger partial charge in [0.2, 0.25) is 6.79 Å². The van der Waals surface area contributed by atoms with Gasteiger partial charge in [-0.05, 0) is 15.9 Å². The molecule has 0 atom stereocenters. The Balaban J connectivity index is 2.58. The average molecular weight is 251 g/mol. The van der Waals surface area contributed by atoms with Crippen LogP contribution in [0.4, 0.5) is 0 Å². The van der Waals surface area contributed by atoms with Gasteiger partial charge >= 0.3 is 5.97 Å². The molecule has 1 aliphatic rings. The molecule has 0 amide bonds. The minimum atomic E-state index is -0.993. The molecule has 12 heavy (non-hydrogen) atoms. The highest BCUT2D eigenvalue weighted by molar-refractivity contribution is 9.11. The third-order valence-corrected chi connectivity index (χ3v) is 3.16. The fraction of sp³-hybridized carbons (Fsp3) is 0.167. The second-order valence-electron chi connectivity index (χ2n) is 2.07. The lowest BCUT2D eigenvalue weighted by Gasteiger charge is -1.92. The van der Waals surface area contributed by atoms with Crippen molar-refractivity contribution in [3.05, 3.63) is 8.66 Å². The first-order chi connectivity index (χ1) is 5.70. The van der Waals surface area contributed by atoms with Gasteiger partial charge in [0.05, 0.1) is 0 Å². The van der Waals surface area contributed by atoms with Crippen LogP contribution in [0.3, 0.4) is 0 Å². The summed E-state index contributed by atoms with van der Waals surface area (Å²) < 4.78 is 10.7. The van der Waals surface area contributed by atoms with Gasteiger partial charge in [0.25, 0.3) is 0 Å².